The highest BCUT2D eigenvalue weighted by Crippen LogP contribution is 2.30. The summed E-state index contributed by atoms with van der Waals surface area (Å²) in [6, 6.07) is -0.261. The molecule has 0 spiro atoms. The standard InChI is InChI=1S/C11H19ClN4OS/c1-15-2-4-16(5-3-15)11-14-10(12)9(18-11)6-8(13)7-17/h8,17H,2-7,13H2,1H3. The largest absolute Gasteiger partial charge is 0.395 e. The highest BCUT2D eigenvalue weighted by Gasteiger charge is 2.20. The van der Waals surface area contributed by atoms with E-state index in [1.165, 1.54) is 0 Å². The van der Waals surface area contributed by atoms with Crippen LogP contribution in [0.3, 0.4) is 0 Å². The third-order valence-electron chi connectivity index (χ3n) is 3.09. The Morgan fingerprint density at radius 1 is 1.44 bits per heavy atom. The number of aliphatic hydroxyl groups excluding tert-OH is 1. The van der Waals surface area contributed by atoms with Gasteiger partial charge >= 0.3 is 0 Å². The first-order chi connectivity index (χ1) is 8.60. The molecule has 1 saturated heterocycles. The van der Waals surface area contributed by atoms with Crippen molar-refractivity contribution in [2.45, 2.75) is 12.5 Å². The molecule has 5 nitrogen and oxygen atoms in total. The topological polar surface area (TPSA) is 65.6 Å². The van der Waals surface area contributed by atoms with E-state index in [1.807, 2.05) is 0 Å². The Balaban J connectivity index is 2.04. The molecule has 0 saturated carbocycles. The zero-order valence-corrected chi connectivity index (χ0v) is 12.0. The Labute approximate surface area is 116 Å². The third kappa shape index (κ3) is 3.33. The van der Waals surface area contributed by atoms with Gasteiger partial charge in [0, 0.05) is 43.5 Å². The normalized spacial score (nSPS) is 19.2. The van der Waals surface area contributed by atoms with Gasteiger partial charge in [-0.15, -0.1) is 11.3 Å². The Bertz CT molecular complexity index is 392. The number of aliphatic hydroxyl groups is 1. The first kappa shape index (κ1) is 14.0. The number of nitrogens with zero attached hydrogens (tertiary/aromatic N) is 3. The van der Waals surface area contributed by atoms with Crippen LogP contribution in [0.2, 0.25) is 5.15 Å². The van der Waals surface area contributed by atoms with E-state index in [2.05, 4.69) is 21.8 Å². The summed E-state index contributed by atoms with van der Waals surface area (Å²) in [5.74, 6) is 0. The van der Waals surface area contributed by atoms with E-state index in [0.717, 1.165) is 36.2 Å². The highest BCUT2D eigenvalue weighted by atomic mass is 35.5. The molecule has 3 N–H and O–H groups in total. The maximum Gasteiger partial charge on any atom is 0.187 e. The second kappa shape index (κ2) is 6.16. The van der Waals surface area contributed by atoms with Crippen molar-refractivity contribution in [3.8, 4) is 0 Å². The number of nitrogens with two attached hydrogens (primary N) is 1. The fourth-order valence-corrected chi connectivity index (χ4v) is 3.30. The molecular weight excluding hydrogens is 272 g/mol. The van der Waals surface area contributed by atoms with Gasteiger partial charge in [-0.25, -0.2) is 4.98 Å². The summed E-state index contributed by atoms with van der Waals surface area (Å²) >= 11 is 7.70. The maximum absolute atomic E-state index is 8.97. The molecular formula is C11H19ClN4OS. The van der Waals surface area contributed by atoms with Crippen LogP contribution in [0.4, 0.5) is 5.13 Å². The van der Waals surface area contributed by atoms with Gasteiger partial charge in [0.05, 0.1) is 6.61 Å². The van der Waals surface area contributed by atoms with E-state index in [0.29, 0.717) is 11.6 Å². The predicted molar refractivity (Wildman–Crippen MR) is 75.6 cm³/mol. The van der Waals surface area contributed by atoms with Crippen molar-refractivity contribution < 1.29 is 5.11 Å². The quantitative estimate of drug-likeness (QED) is 0.841. The number of piperazine rings is 1. The number of hydrogen-bond acceptors (Lipinski definition) is 6. The van der Waals surface area contributed by atoms with Crippen molar-refractivity contribution in [3.05, 3.63) is 10.0 Å². The minimum Gasteiger partial charge on any atom is -0.395 e. The van der Waals surface area contributed by atoms with Crippen LogP contribution in [0, 0.1) is 0 Å². The van der Waals surface area contributed by atoms with Crippen molar-refractivity contribution in [2.75, 3.05) is 44.7 Å². The van der Waals surface area contributed by atoms with E-state index in [9.17, 15) is 0 Å². The van der Waals surface area contributed by atoms with Gasteiger partial charge in [-0.1, -0.05) is 11.6 Å². The average molecular weight is 291 g/mol. The number of halogens is 1. The zero-order chi connectivity index (χ0) is 13.1. The molecule has 0 radical (unpaired) electrons. The van der Waals surface area contributed by atoms with E-state index < -0.39 is 0 Å². The van der Waals surface area contributed by atoms with Crippen molar-refractivity contribution in [1.82, 2.24) is 9.88 Å². The number of hydrogen-bond donors (Lipinski definition) is 2. The van der Waals surface area contributed by atoms with E-state index in [1.54, 1.807) is 11.3 Å². The van der Waals surface area contributed by atoms with Crippen LogP contribution in [0.5, 0.6) is 0 Å². The number of aromatic nitrogens is 1. The van der Waals surface area contributed by atoms with Crippen molar-refractivity contribution in [2.24, 2.45) is 5.73 Å². The average Bonchev–Trinajstić information content (AvgIpc) is 2.71. The zero-order valence-electron chi connectivity index (χ0n) is 10.5. The van der Waals surface area contributed by atoms with Crippen molar-refractivity contribution in [1.29, 1.82) is 0 Å². The summed E-state index contributed by atoms with van der Waals surface area (Å²) in [6.07, 6.45) is 0.584. The molecule has 1 unspecified atom stereocenters. The van der Waals surface area contributed by atoms with E-state index in [4.69, 9.17) is 22.4 Å². The van der Waals surface area contributed by atoms with Crippen LogP contribution < -0.4 is 10.6 Å². The van der Waals surface area contributed by atoms with Gasteiger partial charge in [-0.05, 0) is 7.05 Å². The Hall–Kier alpha value is -0.400. The molecule has 1 aromatic rings. The molecule has 102 valence electrons. The smallest absolute Gasteiger partial charge is 0.187 e. The Morgan fingerprint density at radius 2 is 2.11 bits per heavy atom. The summed E-state index contributed by atoms with van der Waals surface area (Å²) in [5, 5.41) is 10.5. The van der Waals surface area contributed by atoms with Crippen molar-refractivity contribution >= 4 is 28.1 Å². The summed E-state index contributed by atoms with van der Waals surface area (Å²) < 4.78 is 0. The second-order valence-corrected chi connectivity index (χ2v) is 6.07. The highest BCUT2D eigenvalue weighted by molar-refractivity contribution is 7.16. The molecule has 1 atom stereocenters. The molecule has 2 heterocycles. The van der Waals surface area contributed by atoms with E-state index >= 15 is 0 Å². The van der Waals surface area contributed by atoms with Crippen LogP contribution in [0.15, 0.2) is 0 Å². The van der Waals surface area contributed by atoms with Gasteiger partial charge in [0.1, 0.15) is 5.15 Å². The lowest BCUT2D eigenvalue weighted by Crippen LogP contribution is -2.44. The van der Waals surface area contributed by atoms with Gasteiger partial charge in [0.15, 0.2) is 5.13 Å². The molecule has 0 amide bonds. The lowest BCUT2D eigenvalue weighted by atomic mass is 10.2. The molecule has 18 heavy (non-hydrogen) atoms. The minimum atomic E-state index is -0.261. The Morgan fingerprint density at radius 3 is 2.72 bits per heavy atom. The van der Waals surface area contributed by atoms with Crippen molar-refractivity contribution in [3.63, 3.8) is 0 Å². The van der Waals surface area contributed by atoms with Crippen LogP contribution in [0.25, 0.3) is 0 Å². The first-order valence-corrected chi connectivity index (χ1v) is 7.24. The second-order valence-electron chi connectivity index (χ2n) is 4.65. The monoisotopic (exact) mass is 290 g/mol. The molecule has 7 heteroatoms. The van der Waals surface area contributed by atoms with Gasteiger partial charge in [-0.2, -0.15) is 0 Å². The number of likely N-dealkylation sites (N-methyl/N-ethyl adjacent to an activating group) is 1. The number of anilines is 1. The minimum absolute atomic E-state index is 0.0297. The van der Waals surface area contributed by atoms with Crippen LogP contribution in [0.1, 0.15) is 4.88 Å². The van der Waals surface area contributed by atoms with Gasteiger partial charge in [-0.3, -0.25) is 0 Å². The third-order valence-corrected chi connectivity index (χ3v) is 4.66. The Kier molecular flexibility index (Phi) is 4.80. The van der Waals surface area contributed by atoms with Gasteiger partial charge in [0.2, 0.25) is 0 Å². The molecule has 1 aromatic heterocycles. The lowest BCUT2D eigenvalue weighted by molar-refractivity contribution is 0.265. The van der Waals surface area contributed by atoms with Gasteiger partial charge < -0.3 is 20.6 Å². The lowest BCUT2D eigenvalue weighted by Gasteiger charge is -2.32. The summed E-state index contributed by atoms with van der Waals surface area (Å²) in [5.41, 5.74) is 5.73. The summed E-state index contributed by atoms with van der Waals surface area (Å²) in [4.78, 5) is 9.92. The molecule has 0 aliphatic carbocycles. The molecule has 1 aliphatic rings. The summed E-state index contributed by atoms with van der Waals surface area (Å²) in [7, 11) is 2.12. The van der Waals surface area contributed by atoms with Crippen LogP contribution in [-0.2, 0) is 6.42 Å². The fourth-order valence-electron chi connectivity index (χ4n) is 1.88. The SMILES string of the molecule is CN1CCN(c2nc(Cl)c(CC(N)CO)s2)CC1. The van der Waals surface area contributed by atoms with E-state index in [-0.39, 0.29) is 12.6 Å². The molecule has 2 rings (SSSR count). The van der Waals surface area contributed by atoms with Gasteiger partial charge in [0.25, 0.3) is 0 Å². The molecule has 0 aromatic carbocycles. The molecule has 1 aliphatic heterocycles. The maximum atomic E-state index is 8.97. The molecule has 0 bridgehead atoms. The first-order valence-electron chi connectivity index (χ1n) is 6.05. The predicted octanol–water partition coefficient (Wildman–Crippen LogP) is 0.410. The fraction of sp³-hybridized carbons (Fsp3) is 0.727. The number of rotatable bonds is 4. The summed E-state index contributed by atoms with van der Waals surface area (Å²) in [6.45, 7) is 4.01. The van der Waals surface area contributed by atoms with Crippen LogP contribution >= 0.6 is 22.9 Å². The van der Waals surface area contributed by atoms with Crippen LogP contribution in [-0.4, -0.2) is 60.9 Å². The molecule has 1 fully saturated rings. The number of thiazole rings is 1.